The molecule has 2 heterocycles. The maximum atomic E-state index is 12.1. The number of ether oxygens (including phenoxy) is 1. The molecule has 6 nitrogen and oxygen atoms in total. The summed E-state index contributed by atoms with van der Waals surface area (Å²) < 4.78 is 7.26. The van der Waals surface area contributed by atoms with Crippen molar-refractivity contribution in [1.29, 1.82) is 0 Å². The summed E-state index contributed by atoms with van der Waals surface area (Å²) in [5.74, 6) is 0.666. The molecule has 118 valence electrons. The maximum absolute atomic E-state index is 12.1. The maximum Gasteiger partial charge on any atom is 0.270 e. The monoisotopic (exact) mass is 303 g/mol. The van der Waals surface area contributed by atoms with Gasteiger partial charge in [0.25, 0.3) is 5.56 Å². The van der Waals surface area contributed by atoms with Gasteiger partial charge in [0.15, 0.2) is 5.65 Å². The second-order valence-electron chi connectivity index (χ2n) is 6.24. The molecule has 0 radical (unpaired) electrons. The fourth-order valence-electron chi connectivity index (χ4n) is 2.90. The van der Waals surface area contributed by atoms with Gasteiger partial charge in [0.05, 0.1) is 24.6 Å². The Balaban J connectivity index is 1.92. The zero-order chi connectivity index (χ0) is 15.7. The highest BCUT2D eigenvalue weighted by molar-refractivity contribution is 5.71. The van der Waals surface area contributed by atoms with Gasteiger partial charge >= 0.3 is 0 Å². The average molecular weight is 303 g/mol. The summed E-state index contributed by atoms with van der Waals surface area (Å²) >= 11 is 0. The molecule has 0 aliphatic heterocycles. The Morgan fingerprint density at radius 3 is 2.86 bits per heavy atom. The molecule has 0 spiro atoms. The van der Waals surface area contributed by atoms with Crippen LogP contribution in [0.4, 0.5) is 0 Å². The Morgan fingerprint density at radius 1 is 1.41 bits per heavy atom. The van der Waals surface area contributed by atoms with E-state index in [4.69, 9.17) is 4.74 Å². The van der Waals surface area contributed by atoms with Crippen molar-refractivity contribution in [3.8, 4) is 5.75 Å². The summed E-state index contributed by atoms with van der Waals surface area (Å²) in [6, 6.07) is 1.79. The first-order valence-corrected chi connectivity index (χ1v) is 7.72. The van der Waals surface area contributed by atoms with Crippen molar-refractivity contribution in [3.05, 3.63) is 28.8 Å². The largest absolute Gasteiger partial charge is 0.492 e. The number of rotatable bonds is 5. The molecule has 0 amide bonds. The van der Waals surface area contributed by atoms with Crippen LogP contribution < -0.4 is 10.3 Å². The minimum atomic E-state index is -0.692. The van der Waals surface area contributed by atoms with Crippen LogP contribution in [0.5, 0.6) is 5.75 Å². The van der Waals surface area contributed by atoms with Crippen LogP contribution in [0, 0.1) is 0 Å². The molecule has 1 N–H and O–H groups in total. The zero-order valence-corrected chi connectivity index (χ0v) is 13.0. The van der Waals surface area contributed by atoms with E-state index in [1.54, 1.807) is 17.7 Å². The molecule has 6 heteroatoms. The lowest BCUT2D eigenvalue weighted by molar-refractivity contribution is -0.0507. The Hall–Kier alpha value is -1.95. The lowest BCUT2D eigenvalue weighted by atomic mass is 9.77. The summed E-state index contributed by atoms with van der Waals surface area (Å²) in [6.45, 7) is 4.54. The van der Waals surface area contributed by atoms with Crippen molar-refractivity contribution in [2.75, 3.05) is 6.61 Å². The SMILES string of the molecule is CCCCOc1cnc2c(c1)ncc(=O)n2C1CC(C)(O)C1. The molecule has 0 aromatic carbocycles. The summed E-state index contributed by atoms with van der Waals surface area (Å²) in [5, 5.41) is 9.90. The van der Waals surface area contributed by atoms with Crippen molar-refractivity contribution in [2.45, 2.75) is 51.2 Å². The molecule has 3 rings (SSSR count). The third kappa shape index (κ3) is 2.83. The summed E-state index contributed by atoms with van der Waals surface area (Å²) in [6.07, 6.45) is 6.12. The summed E-state index contributed by atoms with van der Waals surface area (Å²) in [5.41, 5.74) is 0.319. The smallest absolute Gasteiger partial charge is 0.270 e. The molecule has 1 saturated carbocycles. The van der Waals surface area contributed by atoms with Gasteiger partial charge in [-0.15, -0.1) is 0 Å². The molecule has 1 aliphatic carbocycles. The van der Waals surface area contributed by atoms with Gasteiger partial charge < -0.3 is 9.84 Å². The first-order chi connectivity index (χ1) is 10.5. The molecule has 0 unspecified atom stereocenters. The highest BCUT2D eigenvalue weighted by Crippen LogP contribution is 2.40. The van der Waals surface area contributed by atoms with E-state index < -0.39 is 5.60 Å². The van der Waals surface area contributed by atoms with Crippen LogP contribution in [-0.2, 0) is 0 Å². The second kappa shape index (κ2) is 5.68. The van der Waals surface area contributed by atoms with Gasteiger partial charge in [-0.3, -0.25) is 9.36 Å². The first-order valence-electron chi connectivity index (χ1n) is 7.72. The predicted octanol–water partition coefficient (Wildman–Crippen LogP) is 2.06. The third-order valence-electron chi connectivity index (χ3n) is 4.08. The van der Waals surface area contributed by atoms with Crippen molar-refractivity contribution < 1.29 is 9.84 Å². The number of aromatic nitrogens is 3. The average Bonchev–Trinajstić information content (AvgIpc) is 2.45. The number of aliphatic hydroxyl groups is 1. The lowest BCUT2D eigenvalue weighted by Crippen LogP contribution is -2.45. The number of pyridine rings is 1. The van der Waals surface area contributed by atoms with E-state index in [9.17, 15) is 9.90 Å². The predicted molar refractivity (Wildman–Crippen MR) is 83.1 cm³/mol. The van der Waals surface area contributed by atoms with Crippen LogP contribution in [0.25, 0.3) is 11.2 Å². The molecule has 0 saturated heterocycles. The second-order valence-corrected chi connectivity index (χ2v) is 6.24. The van der Waals surface area contributed by atoms with E-state index in [1.807, 2.05) is 6.07 Å². The van der Waals surface area contributed by atoms with E-state index in [0.29, 0.717) is 36.4 Å². The third-order valence-corrected chi connectivity index (χ3v) is 4.08. The number of fused-ring (bicyclic) bond motifs is 1. The topological polar surface area (TPSA) is 77.2 Å². The van der Waals surface area contributed by atoms with Crippen molar-refractivity contribution in [2.24, 2.45) is 0 Å². The molecule has 2 aromatic heterocycles. The Morgan fingerprint density at radius 2 is 2.18 bits per heavy atom. The van der Waals surface area contributed by atoms with E-state index >= 15 is 0 Å². The Bertz CT molecular complexity index is 731. The lowest BCUT2D eigenvalue weighted by Gasteiger charge is -2.41. The minimum Gasteiger partial charge on any atom is -0.492 e. The fraction of sp³-hybridized carbons (Fsp3) is 0.562. The zero-order valence-electron chi connectivity index (χ0n) is 13.0. The molecule has 2 aromatic rings. The first kappa shape index (κ1) is 15.0. The van der Waals surface area contributed by atoms with Gasteiger partial charge in [0, 0.05) is 12.1 Å². The number of hydrogen-bond acceptors (Lipinski definition) is 5. The van der Waals surface area contributed by atoms with Crippen LogP contribution in [0.3, 0.4) is 0 Å². The van der Waals surface area contributed by atoms with Crippen LogP contribution in [0.15, 0.2) is 23.3 Å². The van der Waals surface area contributed by atoms with Crippen LogP contribution >= 0.6 is 0 Å². The van der Waals surface area contributed by atoms with Crippen LogP contribution in [-0.4, -0.2) is 31.8 Å². The normalized spacial score (nSPS) is 24.2. The summed E-state index contributed by atoms with van der Waals surface area (Å²) in [7, 11) is 0. The van der Waals surface area contributed by atoms with Crippen molar-refractivity contribution in [3.63, 3.8) is 0 Å². The fourth-order valence-corrected chi connectivity index (χ4v) is 2.90. The standard InChI is InChI=1S/C16H21N3O3/c1-3-4-5-22-12-6-13-15(18-9-12)19(14(20)10-17-13)11-7-16(2,21)8-11/h6,9-11,21H,3-5,7-8H2,1-2H3. The van der Waals surface area contributed by atoms with Gasteiger partial charge in [-0.2, -0.15) is 0 Å². The molecular formula is C16H21N3O3. The van der Waals surface area contributed by atoms with Gasteiger partial charge in [-0.05, 0) is 26.2 Å². The highest BCUT2D eigenvalue weighted by atomic mass is 16.5. The molecule has 22 heavy (non-hydrogen) atoms. The quantitative estimate of drug-likeness (QED) is 0.855. The van der Waals surface area contributed by atoms with Gasteiger partial charge in [0.1, 0.15) is 11.3 Å². The number of unbranched alkanes of at least 4 members (excludes halogenated alkanes) is 1. The highest BCUT2D eigenvalue weighted by Gasteiger charge is 2.40. The Labute approximate surface area is 128 Å². The van der Waals surface area contributed by atoms with Gasteiger partial charge in [0.2, 0.25) is 0 Å². The summed E-state index contributed by atoms with van der Waals surface area (Å²) in [4.78, 5) is 20.7. The molecule has 1 aliphatic rings. The van der Waals surface area contributed by atoms with Gasteiger partial charge in [-0.1, -0.05) is 13.3 Å². The molecule has 0 atom stereocenters. The molecule has 1 fully saturated rings. The van der Waals surface area contributed by atoms with Crippen molar-refractivity contribution in [1.82, 2.24) is 14.5 Å². The molecule has 0 bridgehead atoms. The van der Waals surface area contributed by atoms with E-state index in [1.165, 1.54) is 6.20 Å². The number of nitrogens with zero attached hydrogens (tertiary/aromatic N) is 3. The van der Waals surface area contributed by atoms with Crippen LogP contribution in [0.2, 0.25) is 0 Å². The number of hydrogen-bond donors (Lipinski definition) is 1. The van der Waals surface area contributed by atoms with Gasteiger partial charge in [-0.25, -0.2) is 9.97 Å². The van der Waals surface area contributed by atoms with E-state index in [2.05, 4.69) is 16.9 Å². The van der Waals surface area contributed by atoms with E-state index in [0.717, 1.165) is 12.8 Å². The molecular weight excluding hydrogens is 282 g/mol. The van der Waals surface area contributed by atoms with Crippen LogP contribution in [0.1, 0.15) is 45.6 Å². The van der Waals surface area contributed by atoms with Crippen molar-refractivity contribution >= 4 is 11.2 Å². The Kier molecular flexibility index (Phi) is 3.87. The minimum absolute atomic E-state index is 0.0210. The van der Waals surface area contributed by atoms with E-state index in [-0.39, 0.29) is 11.6 Å².